The van der Waals surface area contributed by atoms with E-state index in [-0.39, 0.29) is 4.08 Å². The lowest BCUT2D eigenvalue weighted by atomic mass is 10.0. The van der Waals surface area contributed by atoms with Crippen molar-refractivity contribution < 1.29 is 10.2 Å². The Balaban J connectivity index is 2.32. The van der Waals surface area contributed by atoms with E-state index in [9.17, 15) is 10.2 Å². The normalized spacial score (nSPS) is 11.8. The fraction of sp³-hybridized carbons (Fsp3) is 0.613. The molecule has 2 aromatic rings. The molecule has 2 aromatic carbocycles. The molecule has 0 atom stereocenters. The van der Waals surface area contributed by atoms with Crippen molar-refractivity contribution in [2.24, 2.45) is 0 Å². The number of hydrogen-bond acceptors (Lipinski definition) is 4. The highest BCUT2D eigenvalue weighted by molar-refractivity contribution is 8.18. The van der Waals surface area contributed by atoms with Gasteiger partial charge in [0.05, 0.1) is 4.08 Å². The van der Waals surface area contributed by atoms with Gasteiger partial charge in [0, 0.05) is 9.79 Å². The van der Waals surface area contributed by atoms with Gasteiger partial charge in [0.1, 0.15) is 11.5 Å². The van der Waals surface area contributed by atoms with Crippen molar-refractivity contribution >= 4 is 23.5 Å². The van der Waals surface area contributed by atoms with Crippen LogP contribution < -0.4 is 0 Å². The van der Waals surface area contributed by atoms with E-state index in [0.717, 1.165) is 99.3 Å². The van der Waals surface area contributed by atoms with Gasteiger partial charge in [-0.3, -0.25) is 0 Å². The second kappa shape index (κ2) is 15.1. The average molecular weight is 517 g/mol. The van der Waals surface area contributed by atoms with Crippen LogP contribution in [0.3, 0.4) is 0 Å². The van der Waals surface area contributed by atoms with Crippen LogP contribution in [0.25, 0.3) is 0 Å². The minimum absolute atomic E-state index is 0.0813. The van der Waals surface area contributed by atoms with E-state index in [1.165, 1.54) is 9.79 Å². The van der Waals surface area contributed by atoms with E-state index in [4.69, 9.17) is 0 Å². The van der Waals surface area contributed by atoms with Crippen LogP contribution in [0.15, 0.2) is 34.1 Å². The van der Waals surface area contributed by atoms with Gasteiger partial charge >= 0.3 is 0 Å². The highest BCUT2D eigenvalue weighted by Gasteiger charge is 2.24. The van der Waals surface area contributed by atoms with E-state index in [0.29, 0.717) is 11.5 Å². The molecule has 0 aliphatic rings. The molecule has 0 bridgehead atoms. The van der Waals surface area contributed by atoms with Gasteiger partial charge in [-0.25, -0.2) is 0 Å². The lowest BCUT2D eigenvalue weighted by molar-refractivity contribution is 0.457. The predicted octanol–water partition coefficient (Wildman–Crippen LogP) is 10.1. The van der Waals surface area contributed by atoms with E-state index in [1.54, 1.807) is 0 Å². The molecular weight excluding hydrogens is 468 g/mol. The molecule has 0 saturated heterocycles. The number of rotatable bonds is 16. The number of thioether (sulfide) groups is 2. The Bertz CT molecular complexity index is 789. The summed E-state index contributed by atoms with van der Waals surface area (Å²) >= 11 is 3.77. The van der Waals surface area contributed by atoms with Crippen LogP contribution in [0.2, 0.25) is 0 Å². The van der Waals surface area contributed by atoms with Crippen molar-refractivity contribution in [2.45, 2.75) is 132 Å². The minimum Gasteiger partial charge on any atom is -0.507 e. The zero-order valence-electron chi connectivity index (χ0n) is 23.0. The zero-order chi connectivity index (χ0) is 25.8. The molecule has 0 aliphatic carbocycles. The Morgan fingerprint density at radius 1 is 0.543 bits per heavy atom. The molecule has 0 fully saturated rings. The zero-order valence-corrected chi connectivity index (χ0v) is 24.6. The third-order valence-corrected chi connectivity index (χ3v) is 8.83. The SMILES string of the molecule is CCCCc1cc(SC(C)(C)Sc2cc(CCCC)c(O)c(CCCC)c2)cc(CCCC)c1O. The molecule has 2 N–H and O–H groups in total. The highest BCUT2D eigenvalue weighted by atomic mass is 32.2. The third kappa shape index (κ3) is 9.61. The lowest BCUT2D eigenvalue weighted by Gasteiger charge is -2.25. The number of aromatic hydroxyl groups is 2. The summed E-state index contributed by atoms with van der Waals surface area (Å²) in [6.45, 7) is 13.4. The molecule has 4 heteroatoms. The number of hydrogen-bond donors (Lipinski definition) is 2. The van der Waals surface area contributed by atoms with Gasteiger partial charge in [-0.15, -0.1) is 23.5 Å². The van der Waals surface area contributed by atoms with Crippen molar-refractivity contribution in [2.75, 3.05) is 0 Å². The third-order valence-electron chi connectivity index (χ3n) is 6.41. The molecule has 0 radical (unpaired) electrons. The molecule has 0 heterocycles. The maximum Gasteiger partial charge on any atom is 0.122 e. The number of phenolic OH excluding ortho intramolecular Hbond substituents is 2. The summed E-state index contributed by atoms with van der Waals surface area (Å²) in [7, 11) is 0. The van der Waals surface area contributed by atoms with E-state index < -0.39 is 0 Å². The topological polar surface area (TPSA) is 40.5 Å². The van der Waals surface area contributed by atoms with E-state index in [1.807, 2.05) is 23.5 Å². The summed E-state index contributed by atoms with van der Waals surface area (Å²) in [5, 5.41) is 21.8. The summed E-state index contributed by atoms with van der Waals surface area (Å²) in [4.78, 5) is 2.49. The largest absolute Gasteiger partial charge is 0.507 e. The fourth-order valence-electron chi connectivity index (χ4n) is 4.39. The van der Waals surface area contributed by atoms with Gasteiger partial charge in [-0.1, -0.05) is 53.4 Å². The van der Waals surface area contributed by atoms with Crippen LogP contribution in [0.1, 0.15) is 115 Å². The van der Waals surface area contributed by atoms with Crippen LogP contribution in [0.5, 0.6) is 11.5 Å². The average Bonchev–Trinajstić information content (AvgIpc) is 2.81. The first-order valence-electron chi connectivity index (χ1n) is 13.8. The standard InChI is InChI=1S/C31H48O2S2/c1-7-11-15-23-19-27(20-24(29(23)32)16-12-8-2)34-31(5,6)35-28-21-25(17-13-9-3)30(33)26(22-28)18-14-10-4/h19-22,32-33H,7-18H2,1-6H3. The van der Waals surface area contributed by atoms with Gasteiger partial charge in [0.2, 0.25) is 0 Å². The van der Waals surface area contributed by atoms with Crippen LogP contribution in [0, 0.1) is 0 Å². The van der Waals surface area contributed by atoms with Gasteiger partial charge in [0.15, 0.2) is 0 Å². The van der Waals surface area contributed by atoms with Crippen LogP contribution in [-0.4, -0.2) is 14.3 Å². The molecule has 0 unspecified atom stereocenters. The summed E-state index contributed by atoms with van der Waals surface area (Å²) in [5.41, 5.74) is 4.38. The summed E-state index contributed by atoms with van der Waals surface area (Å²) < 4.78 is -0.0813. The molecule has 196 valence electrons. The van der Waals surface area contributed by atoms with Gasteiger partial charge in [0.25, 0.3) is 0 Å². The van der Waals surface area contributed by atoms with E-state index in [2.05, 4.69) is 65.8 Å². The lowest BCUT2D eigenvalue weighted by Crippen LogP contribution is -2.09. The Labute approximate surface area is 223 Å². The van der Waals surface area contributed by atoms with Crippen LogP contribution >= 0.6 is 23.5 Å². The molecule has 35 heavy (non-hydrogen) atoms. The first-order valence-corrected chi connectivity index (χ1v) is 15.4. The Morgan fingerprint density at radius 2 is 0.800 bits per heavy atom. The maximum atomic E-state index is 10.9. The molecule has 2 nitrogen and oxygen atoms in total. The molecular formula is C31H48O2S2. The first kappa shape index (κ1) is 30.0. The van der Waals surface area contributed by atoms with Gasteiger partial charge < -0.3 is 10.2 Å². The quantitative estimate of drug-likeness (QED) is 0.172. The van der Waals surface area contributed by atoms with Crippen molar-refractivity contribution in [3.8, 4) is 11.5 Å². The number of aryl methyl sites for hydroxylation is 4. The number of unbranched alkanes of at least 4 members (excludes halogenated alkanes) is 4. The summed E-state index contributed by atoms with van der Waals surface area (Å²) in [5.74, 6) is 1.03. The predicted molar refractivity (Wildman–Crippen MR) is 156 cm³/mol. The van der Waals surface area contributed by atoms with E-state index >= 15 is 0 Å². The molecule has 0 aliphatic heterocycles. The Hall–Kier alpha value is -1.26. The fourth-order valence-corrected chi connectivity index (χ4v) is 7.08. The number of phenols is 2. The molecule has 2 rings (SSSR count). The first-order chi connectivity index (χ1) is 16.7. The molecule has 0 amide bonds. The Kier molecular flexibility index (Phi) is 12.9. The second-order valence-corrected chi connectivity index (χ2v) is 13.8. The van der Waals surface area contributed by atoms with Crippen molar-refractivity contribution in [3.63, 3.8) is 0 Å². The molecule has 0 aromatic heterocycles. The van der Waals surface area contributed by atoms with Crippen molar-refractivity contribution in [1.82, 2.24) is 0 Å². The molecule has 0 saturated carbocycles. The molecule has 0 spiro atoms. The second-order valence-electron chi connectivity index (χ2n) is 10.2. The summed E-state index contributed by atoms with van der Waals surface area (Å²) in [6.07, 6.45) is 12.6. The minimum atomic E-state index is -0.0813. The van der Waals surface area contributed by atoms with Crippen molar-refractivity contribution in [3.05, 3.63) is 46.5 Å². The van der Waals surface area contributed by atoms with Gasteiger partial charge in [-0.2, -0.15) is 0 Å². The Morgan fingerprint density at radius 3 is 1.03 bits per heavy atom. The maximum absolute atomic E-state index is 10.9. The summed E-state index contributed by atoms with van der Waals surface area (Å²) in [6, 6.07) is 8.85. The van der Waals surface area contributed by atoms with Gasteiger partial charge in [-0.05, 0) is 112 Å². The number of benzene rings is 2. The highest BCUT2D eigenvalue weighted by Crippen LogP contribution is 2.47. The van der Waals surface area contributed by atoms with Crippen molar-refractivity contribution in [1.29, 1.82) is 0 Å². The van der Waals surface area contributed by atoms with Crippen LogP contribution in [-0.2, 0) is 25.7 Å². The van der Waals surface area contributed by atoms with Crippen LogP contribution in [0.4, 0.5) is 0 Å². The smallest absolute Gasteiger partial charge is 0.122 e. The monoisotopic (exact) mass is 516 g/mol.